The Morgan fingerprint density at radius 3 is 2.38 bits per heavy atom. The minimum atomic E-state index is -3.93. The maximum Gasteiger partial charge on any atom is 0.307 e. The molecule has 26 heavy (non-hydrogen) atoms. The van der Waals surface area contributed by atoms with Crippen LogP contribution in [0.5, 0.6) is 5.75 Å². The molecule has 140 valence electrons. The first kappa shape index (κ1) is 20.9. The van der Waals surface area contributed by atoms with Gasteiger partial charge in [-0.15, -0.1) is 0 Å². The van der Waals surface area contributed by atoms with Gasteiger partial charge in [0.05, 0.1) is 23.3 Å². The standard InChI is InChI=1S/C18H18Br2O5S/c1-10(2)14-9-13(4-5-16(14)25-3)26(23,24)18-11(7-17(21)22)6-12(19)8-15(18)20/h4-6,8-10H,7H2,1-3H3,(H,21,22). The first-order valence-electron chi connectivity index (χ1n) is 7.70. The number of carboxylic acids is 1. The fraction of sp³-hybridized carbons (Fsp3) is 0.278. The second-order valence-corrected chi connectivity index (χ2v) is 9.66. The molecule has 0 unspecified atom stereocenters. The normalized spacial score (nSPS) is 11.6. The average molecular weight is 506 g/mol. The zero-order valence-corrected chi connectivity index (χ0v) is 18.4. The summed E-state index contributed by atoms with van der Waals surface area (Å²) < 4.78 is 32.7. The Kier molecular flexibility index (Phi) is 6.52. The Morgan fingerprint density at radius 2 is 1.85 bits per heavy atom. The Bertz CT molecular complexity index is 952. The SMILES string of the molecule is COc1ccc(S(=O)(=O)c2c(Br)cc(Br)cc2CC(=O)O)cc1C(C)C. The summed E-state index contributed by atoms with van der Waals surface area (Å²) in [6.45, 7) is 3.89. The highest BCUT2D eigenvalue weighted by Gasteiger charge is 2.27. The van der Waals surface area contributed by atoms with Crippen LogP contribution in [0.1, 0.15) is 30.9 Å². The van der Waals surface area contributed by atoms with Crippen LogP contribution < -0.4 is 4.74 Å². The zero-order chi connectivity index (χ0) is 19.6. The lowest BCUT2D eigenvalue weighted by Gasteiger charge is -2.16. The molecule has 2 rings (SSSR count). The van der Waals surface area contributed by atoms with Crippen molar-refractivity contribution in [2.45, 2.75) is 36.0 Å². The topological polar surface area (TPSA) is 80.7 Å². The van der Waals surface area contributed by atoms with Crippen LogP contribution in [0.25, 0.3) is 0 Å². The van der Waals surface area contributed by atoms with E-state index in [1.807, 2.05) is 13.8 Å². The molecule has 0 bridgehead atoms. The summed E-state index contributed by atoms with van der Waals surface area (Å²) in [4.78, 5) is 11.2. The van der Waals surface area contributed by atoms with E-state index in [4.69, 9.17) is 9.84 Å². The van der Waals surface area contributed by atoms with Gasteiger partial charge in [0.2, 0.25) is 9.84 Å². The number of methoxy groups -OCH3 is 1. The molecule has 2 aromatic carbocycles. The van der Waals surface area contributed by atoms with Gasteiger partial charge in [-0.25, -0.2) is 8.42 Å². The van der Waals surface area contributed by atoms with Crippen LogP contribution in [-0.2, 0) is 21.1 Å². The number of benzene rings is 2. The number of rotatable bonds is 6. The molecule has 0 aliphatic heterocycles. The molecule has 5 nitrogen and oxygen atoms in total. The third kappa shape index (κ3) is 4.29. The number of sulfone groups is 1. The molecule has 0 aromatic heterocycles. The van der Waals surface area contributed by atoms with E-state index < -0.39 is 22.2 Å². The molecular weight excluding hydrogens is 488 g/mol. The fourth-order valence-electron chi connectivity index (χ4n) is 2.66. The molecule has 0 aliphatic carbocycles. The van der Waals surface area contributed by atoms with Crippen molar-refractivity contribution in [2.75, 3.05) is 7.11 Å². The number of aliphatic carboxylic acids is 1. The minimum absolute atomic E-state index is 0.0389. The molecule has 0 spiro atoms. The number of hydrogen-bond donors (Lipinski definition) is 1. The minimum Gasteiger partial charge on any atom is -0.496 e. The van der Waals surface area contributed by atoms with Crippen molar-refractivity contribution in [2.24, 2.45) is 0 Å². The van der Waals surface area contributed by atoms with Crippen molar-refractivity contribution < 1.29 is 23.1 Å². The van der Waals surface area contributed by atoms with Crippen molar-refractivity contribution in [3.8, 4) is 5.75 Å². The number of ether oxygens (including phenoxy) is 1. The van der Waals surface area contributed by atoms with E-state index in [1.54, 1.807) is 18.2 Å². The van der Waals surface area contributed by atoms with Gasteiger partial charge in [0.25, 0.3) is 0 Å². The summed E-state index contributed by atoms with van der Waals surface area (Å²) in [5.41, 5.74) is 0.974. The molecule has 0 amide bonds. The summed E-state index contributed by atoms with van der Waals surface area (Å²) in [6, 6.07) is 7.77. The van der Waals surface area contributed by atoms with Gasteiger partial charge in [-0.2, -0.15) is 0 Å². The van der Waals surface area contributed by atoms with Gasteiger partial charge >= 0.3 is 5.97 Å². The quantitative estimate of drug-likeness (QED) is 0.609. The van der Waals surface area contributed by atoms with Crippen LogP contribution in [0.3, 0.4) is 0 Å². The van der Waals surface area contributed by atoms with Crippen molar-refractivity contribution in [1.82, 2.24) is 0 Å². The highest BCUT2D eigenvalue weighted by Crippen LogP contribution is 2.36. The van der Waals surface area contributed by atoms with Crippen LogP contribution in [0.4, 0.5) is 0 Å². The first-order valence-corrected chi connectivity index (χ1v) is 10.8. The lowest BCUT2D eigenvalue weighted by molar-refractivity contribution is -0.136. The molecular formula is C18H18Br2O5S. The Morgan fingerprint density at radius 1 is 1.19 bits per heavy atom. The molecule has 0 saturated carbocycles. The summed E-state index contributed by atoms with van der Waals surface area (Å²) in [6.07, 6.45) is -0.403. The number of hydrogen-bond acceptors (Lipinski definition) is 4. The van der Waals surface area contributed by atoms with Crippen LogP contribution in [0, 0.1) is 0 Å². The smallest absolute Gasteiger partial charge is 0.307 e. The third-order valence-electron chi connectivity index (χ3n) is 3.83. The van der Waals surface area contributed by atoms with E-state index in [-0.39, 0.29) is 21.3 Å². The molecule has 1 N–H and O–H groups in total. The number of carbonyl (C=O) groups is 1. The van der Waals surface area contributed by atoms with E-state index >= 15 is 0 Å². The molecule has 0 fully saturated rings. The second-order valence-electron chi connectivity index (χ2n) is 6.01. The molecule has 2 aromatic rings. The molecule has 0 radical (unpaired) electrons. The van der Waals surface area contributed by atoms with Crippen LogP contribution in [0.15, 0.2) is 49.1 Å². The maximum absolute atomic E-state index is 13.3. The predicted molar refractivity (Wildman–Crippen MR) is 106 cm³/mol. The molecule has 8 heteroatoms. The highest BCUT2D eigenvalue weighted by molar-refractivity contribution is 9.11. The predicted octanol–water partition coefficient (Wildman–Crippen LogP) is 4.80. The highest BCUT2D eigenvalue weighted by atomic mass is 79.9. The Balaban J connectivity index is 2.72. The van der Waals surface area contributed by atoms with Crippen molar-refractivity contribution in [3.63, 3.8) is 0 Å². The van der Waals surface area contributed by atoms with Gasteiger partial charge < -0.3 is 9.84 Å². The first-order chi connectivity index (χ1) is 12.1. The summed E-state index contributed by atoms with van der Waals surface area (Å²) in [5, 5.41) is 9.15. The lowest BCUT2D eigenvalue weighted by Crippen LogP contribution is -2.11. The van der Waals surface area contributed by atoms with Gasteiger partial charge in [0.15, 0.2) is 0 Å². The molecule has 0 atom stereocenters. The van der Waals surface area contributed by atoms with Crippen molar-refractivity contribution >= 4 is 47.7 Å². The van der Waals surface area contributed by atoms with E-state index in [2.05, 4.69) is 31.9 Å². The third-order valence-corrected chi connectivity index (χ3v) is 7.07. The van der Waals surface area contributed by atoms with Crippen molar-refractivity contribution in [1.29, 1.82) is 0 Å². The van der Waals surface area contributed by atoms with Gasteiger partial charge in [-0.1, -0.05) is 29.8 Å². The van der Waals surface area contributed by atoms with E-state index in [0.29, 0.717) is 14.7 Å². The van der Waals surface area contributed by atoms with Gasteiger partial charge in [0, 0.05) is 8.95 Å². The Labute approximate surface area is 169 Å². The fourth-order valence-corrected chi connectivity index (χ4v) is 6.17. The maximum atomic E-state index is 13.3. The summed E-state index contributed by atoms with van der Waals surface area (Å²) in [7, 11) is -2.40. The van der Waals surface area contributed by atoms with E-state index in [9.17, 15) is 13.2 Å². The van der Waals surface area contributed by atoms with Crippen LogP contribution >= 0.6 is 31.9 Å². The summed E-state index contributed by atoms with van der Waals surface area (Å²) in [5.74, 6) is -0.435. The van der Waals surface area contributed by atoms with Gasteiger partial charge in [-0.3, -0.25) is 4.79 Å². The van der Waals surface area contributed by atoms with Gasteiger partial charge in [-0.05, 0) is 63.3 Å². The second kappa shape index (κ2) is 8.10. The van der Waals surface area contributed by atoms with E-state index in [1.165, 1.54) is 19.2 Å². The molecule has 0 aliphatic rings. The van der Waals surface area contributed by atoms with E-state index in [0.717, 1.165) is 5.56 Å². The Hall–Kier alpha value is -1.38. The van der Waals surface area contributed by atoms with Gasteiger partial charge in [0.1, 0.15) is 5.75 Å². The largest absolute Gasteiger partial charge is 0.496 e. The molecule has 0 heterocycles. The summed E-state index contributed by atoms with van der Waals surface area (Å²) >= 11 is 6.55. The average Bonchev–Trinajstić information content (AvgIpc) is 2.52. The van der Waals surface area contributed by atoms with Crippen LogP contribution in [-0.4, -0.2) is 26.6 Å². The monoisotopic (exact) mass is 504 g/mol. The lowest BCUT2D eigenvalue weighted by atomic mass is 10.0. The number of carboxylic acid groups (broad SMARTS) is 1. The zero-order valence-electron chi connectivity index (χ0n) is 14.4. The van der Waals surface area contributed by atoms with Crippen molar-refractivity contribution in [3.05, 3.63) is 50.4 Å². The number of halogens is 2. The molecule has 0 saturated heterocycles. The van der Waals surface area contributed by atoms with Crippen LogP contribution in [0.2, 0.25) is 0 Å².